The fourth-order valence-corrected chi connectivity index (χ4v) is 3.04. The van der Waals surface area contributed by atoms with Gasteiger partial charge in [0.2, 0.25) is 0 Å². The topological polar surface area (TPSA) is 60.9 Å². The third kappa shape index (κ3) is 3.76. The Morgan fingerprint density at radius 2 is 1.84 bits per heavy atom. The van der Waals surface area contributed by atoms with Crippen LogP contribution in [0.4, 0.5) is 0 Å². The molecule has 1 atom stereocenters. The van der Waals surface area contributed by atoms with Gasteiger partial charge in [0, 0.05) is 18.5 Å². The molecule has 5 nitrogen and oxygen atoms in total. The van der Waals surface area contributed by atoms with Crippen molar-refractivity contribution in [2.24, 2.45) is 5.41 Å². The smallest absolute Gasteiger partial charge is 0.290 e. The summed E-state index contributed by atoms with van der Waals surface area (Å²) >= 11 is 0. The second kappa shape index (κ2) is 7.00. The number of hydrogen-bond acceptors (Lipinski definition) is 4. The fourth-order valence-electron chi connectivity index (χ4n) is 3.04. The van der Waals surface area contributed by atoms with Gasteiger partial charge in [-0.3, -0.25) is 9.59 Å². The minimum atomic E-state index is -0.678. The molecular weight excluding hydrogens is 316 g/mol. The van der Waals surface area contributed by atoms with Crippen LogP contribution >= 0.6 is 0 Å². The predicted molar refractivity (Wildman–Crippen MR) is 98.3 cm³/mol. The first kappa shape index (κ1) is 19.2. The maximum atomic E-state index is 13.0. The summed E-state index contributed by atoms with van der Waals surface area (Å²) in [6, 6.07) is 7.16. The number of hydrogen-bond donors (Lipinski definition) is 1. The molecule has 1 unspecified atom stereocenters. The lowest BCUT2D eigenvalue weighted by Crippen LogP contribution is -2.37. The summed E-state index contributed by atoms with van der Waals surface area (Å²) in [6.07, 6.45) is 0. The van der Waals surface area contributed by atoms with Crippen molar-refractivity contribution < 1.29 is 14.7 Å². The lowest BCUT2D eigenvalue weighted by atomic mass is 9.81. The van der Waals surface area contributed by atoms with Gasteiger partial charge in [-0.25, -0.2) is 0 Å². The van der Waals surface area contributed by atoms with Gasteiger partial charge in [0.05, 0.1) is 11.6 Å². The second-order valence-corrected chi connectivity index (χ2v) is 7.90. The zero-order valence-corrected chi connectivity index (χ0v) is 16.0. The predicted octanol–water partition coefficient (Wildman–Crippen LogP) is 2.87. The van der Waals surface area contributed by atoms with Crippen molar-refractivity contribution in [1.82, 2.24) is 9.80 Å². The average Bonchev–Trinajstić information content (AvgIpc) is 2.75. The van der Waals surface area contributed by atoms with Crippen LogP contribution in [-0.2, 0) is 9.59 Å². The van der Waals surface area contributed by atoms with Crippen molar-refractivity contribution in [1.29, 1.82) is 0 Å². The molecule has 0 saturated heterocycles. The maximum Gasteiger partial charge on any atom is 0.290 e. The molecule has 1 aliphatic rings. The number of likely N-dealkylation sites (N-methyl/N-ethyl adjacent to an activating group) is 1. The van der Waals surface area contributed by atoms with E-state index in [1.54, 1.807) is 25.7 Å². The van der Waals surface area contributed by atoms with E-state index in [1.807, 2.05) is 50.2 Å². The van der Waals surface area contributed by atoms with E-state index < -0.39 is 23.1 Å². The summed E-state index contributed by atoms with van der Waals surface area (Å²) in [5.41, 5.74) is 1.41. The van der Waals surface area contributed by atoms with Crippen molar-refractivity contribution in [3.05, 3.63) is 46.7 Å². The normalized spacial score (nSPS) is 18.4. The van der Waals surface area contributed by atoms with E-state index in [2.05, 4.69) is 0 Å². The van der Waals surface area contributed by atoms with Gasteiger partial charge in [-0.15, -0.1) is 0 Å². The maximum absolute atomic E-state index is 13.0. The Morgan fingerprint density at radius 3 is 2.36 bits per heavy atom. The van der Waals surface area contributed by atoms with Crippen LogP contribution < -0.4 is 0 Å². The number of carbonyl (C=O) groups is 2. The monoisotopic (exact) mass is 344 g/mol. The van der Waals surface area contributed by atoms with E-state index in [4.69, 9.17) is 0 Å². The molecule has 0 fully saturated rings. The summed E-state index contributed by atoms with van der Waals surface area (Å²) in [5.74, 6) is -1.08. The zero-order valence-electron chi connectivity index (χ0n) is 16.0. The van der Waals surface area contributed by atoms with Crippen LogP contribution in [0.5, 0.6) is 0 Å². The molecule has 1 heterocycles. The highest BCUT2D eigenvalue weighted by atomic mass is 16.3. The Kier molecular flexibility index (Phi) is 5.37. The molecule has 0 bridgehead atoms. The highest BCUT2D eigenvalue weighted by molar-refractivity contribution is 6.10. The molecule has 0 saturated carbocycles. The Hall–Kier alpha value is -2.14. The van der Waals surface area contributed by atoms with Gasteiger partial charge >= 0.3 is 0 Å². The standard InChI is InChI=1S/C20H28N2O3/c1-13-9-7-8-10-14(13)16-15(18(24)20(2,3)4)17(23)19(25)22(16)12-11-21(5)6/h7-10,16,23H,11-12H2,1-6H3. The highest BCUT2D eigenvalue weighted by Gasteiger charge is 2.46. The van der Waals surface area contributed by atoms with Crippen LogP contribution in [-0.4, -0.2) is 53.8 Å². The summed E-state index contributed by atoms with van der Waals surface area (Å²) in [5, 5.41) is 10.5. The van der Waals surface area contributed by atoms with Crippen LogP contribution in [0.2, 0.25) is 0 Å². The molecular formula is C20H28N2O3. The minimum Gasteiger partial charge on any atom is -0.503 e. The third-order valence-corrected chi connectivity index (χ3v) is 4.50. The van der Waals surface area contributed by atoms with Crippen molar-refractivity contribution >= 4 is 11.7 Å². The van der Waals surface area contributed by atoms with Crippen molar-refractivity contribution in [2.45, 2.75) is 33.7 Å². The number of aliphatic hydroxyl groups excluding tert-OH is 1. The van der Waals surface area contributed by atoms with Gasteiger partial charge in [-0.1, -0.05) is 45.0 Å². The molecule has 5 heteroatoms. The number of ketones is 1. The van der Waals surface area contributed by atoms with Gasteiger partial charge in [-0.05, 0) is 32.1 Å². The first-order chi connectivity index (χ1) is 11.6. The minimum absolute atomic E-state index is 0.195. The van der Waals surface area contributed by atoms with E-state index in [9.17, 15) is 14.7 Å². The second-order valence-electron chi connectivity index (χ2n) is 7.90. The van der Waals surface area contributed by atoms with Gasteiger partial charge in [0.25, 0.3) is 5.91 Å². The zero-order chi connectivity index (χ0) is 18.9. The largest absolute Gasteiger partial charge is 0.503 e. The van der Waals surface area contributed by atoms with Crippen LogP contribution in [0.3, 0.4) is 0 Å². The Morgan fingerprint density at radius 1 is 1.24 bits per heavy atom. The summed E-state index contributed by atoms with van der Waals surface area (Å²) < 4.78 is 0. The molecule has 1 amide bonds. The Balaban J connectivity index is 2.57. The molecule has 0 aliphatic carbocycles. The lowest BCUT2D eigenvalue weighted by Gasteiger charge is -2.30. The molecule has 0 spiro atoms. The van der Waals surface area contributed by atoms with Crippen LogP contribution in [0, 0.1) is 12.3 Å². The number of aliphatic hydroxyl groups is 1. The molecule has 1 aromatic rings. The lowest BCUT2D eigenvalue weighted by molar-refractivity contribution is -0.129. The van der Waals surface area contributed by atoms with E-state index in [0.717, 1.165) is 11.1 Å². The van der Waals surface area contributed by atoms with E-state index in [0.29, 0.717) is 13.1 Å². The number of amides is 1. The number of aryl methyl sites for hydroxylation is 1. The number of Topliss-reactive ketones (excluding diaryl/α,β-unsaturated/α-hetero) is 1. The molecule has 0 radical (unpaired) electrons. The van der Waals surface area contributed by atoms with Crippen LogP contribution in [0.15, 0.2) is 35.6 Å². The van der Waals surface area contributed by atoms with Crippen molar-refractivity contribution in [3.63, 3.8) is 0 Å². The molecule has 25 heavy (non-hydrogen) atoms. The molecule has 136 valence electrons. The number of nitrogens with zero attached hydrogens (tertiary/aromatic N) is 2. The number of rotatable bonds is 5. The number of benzene rings is 1. The molecule has 2 rings (SSSR count). The SMILES string of the molecule is Cc1ccccc1C1C(C(=O)C(C)(C)C)=C(O)C(=O)N1CCN(C)C. The van der Waals surface area contributed by atoms with E-state index in [-0.39, 0.29) is 11.4 Å². The molecule has 1 N–H and O–H groups in total. The Labute approximate surface area is 149 Å². The summed E-state index contributed by atoms with van der Waals surface area (Å²) in [6.45, 7) is 8.46. The van der Waals surface area contributed by atoms with Crippen LogP contribution in [0.25, 0.3) is 0 Å². The van der Waals surface area contributed by atoms with E-state index >= 15 is 0 Å². The van der Waals surface area contributed by atoms with Gasteiger partial charge in [0.15, 0.2) is 11.5 Å². The highest BCUT2D eigenvalue weighted by Crippen LogP contribution is 2.41. The van der Waals surface area contributed by atoms with Gasteiger partial charge in [0.1, 0.15) is 0 Å². The van der Waals surface area contributed by atoms with Crippen molar-refractivity contribution in [2.75, 3.05) is 27.2 Å². The summed E-state index contributed by atoms with van der Waals surface area (Å²) in [4.78, 5) is 29.3. The van der Waals surface area contributed by atoms with E-state index in [1.165, 1.54) is 0 Å². The number of carbonyl (C=O) groups excluding carboxylic acids is 2. The first-order valence-corrected chi connectivity index (χ1v) is 8.55. The first-order valence-electron chi connectivity index (χ1n) is 8.55. The Bertz CT molecular complexity index is 714. The third-order valence-electron chi connectivity index (χ3n) is 4.50. The molecule has 1 aromatic carbocycles. The fraction of sp³-hybridized carbons (Fsp3) is 0.500. The van der Waals surface area contributed by atoms with Gasteiger partial charge < -0.3 is 14.9 Å². The molecule has 1 aliphatic heterocycles. The quantitative estimate of drug-likeness (QED) is 0.892. The molecule has 0 aromatic heterocycles. The van der Waals surface area contributed by atoms with Crippen molar-refractivity contribution in [3.8, 4) is 0 Å². The summed E-state index contributed by atoms with van der Waals surface area (Å²) in [7, 11) is 3.86. The average molecular weight is 344 g/mol. The van der Waals surface area contributed by atoms with Gasteiger partial charge in [-0.2, -0.15) is 0 Å². The van der Waals surface area contributed by atoms with Crippen LogP contribution in [0.1, 0.15) is 37.9 Å².